The number of rotatable bonds is 5. The molecule has 0 bridgehead atoms. The van der Waals surface area contributed by atoms with Crippen LogP contribution < -0.4 is 14.6 Å². The summed E-state index contributed by atoms with van der Waals surface area (Å²) in [5.41, 5.74) is 8.50. The number of halogens is 1. The molecule has 0 aromatic rings. The van der Waals surface area contributed by atoms with Gasteiger partial charge in [-0.1, -0.05) is 32.8 Å². The molecule has 0 radical (unpaired) electrons. The van der Waals surface area contributed by atoms with Crippen LogP contribution in [-0.2, 0) is 0 Å². The van der Waals surface area contributed by atoms with Crippen LogP contribution in [0.4, 0.5) is 0 Å². The number of hydrogen-bond acceptors (Lipinski definition) is 3. The second kappa shape index (κ2) is 13.4. The molecule has 0 spiro atoms. The van der Waals surface area contributed by atoms with E-state index in [2.05, 4.69) is 45.6 Å². The normalized spacial score (nSPS) is 12.7. The van der Waals surface area contributed by atoms with Crippen LogP contribution in [0.25, 0.3) is 0 Å². The van der Waals surface area contributed by atoms with Gasteiger partial charge in [0.1, 0.15) is 0 Å². The van der Waals surface area contributed by atoms with E-state index in [4.69, 9.17) is 5.73 Å². The van der Waals surface area contributed by atoms with Gasteiger partial charge in [-0.05, 0) is 26.0 Å². The Labute approximate surface area is 120 Å². The highest BCUT2D eigenvalue weighted by Crippen LogP contribution is 2.02. The first-order valence-electron chi connectivity index (χ1n) is 5.92. The van der Waals surface area contributed by atoms with Gasteiger partial charge in [0.15, 0.2) is 0 Å². The van der Waals surface area contributed by atoms with Crippen LogP contribution in [0, 0.1) is 0 Å². The highest BCUT2D eigenvalue weighted by Gasteiger charge is 1.95. The fraction of sp³-hybridized carbons (Fsp3) is 0.538. The second-order valence-electron chi connectivity index (χ2n) is 3.54. The lowest BCUT2D eigenvalue weighted by Crippen LogP contribution is -2.12. The SMILES string of the molecule is CCCC.C\C=C/C(N)=C(\C=C(/C)NI)NC. The first-order valence-corrected chi connectivity index (χ1v) is 7.00. The summed E-state index contributed by atoms with van der Waals surface area (Å²) in [4.78, 5) is 0. The monoisotopic (exact) mass is 351 g/mol. The molecule has 0 amide bonds. The Morgan fingerprint density at radius 3 is 2.12 bits per heavy atom. The van der Waals surface area contributed by atoms with Crippen molar-refractivity contribution < 1.29 is 0 Å². The molecule has 0 aliphatic heterocycles. The van der Waals surface area contributed by atoms with Crippen molar-refractivity contribution >= 4 is 22.9 Å². The van der Waals surface area contributed by atoms with Crippen LogP contribution in [0.1, 0.15) is 40.5 Å². The van der Waals surface area contributed by atoms with Gasteiger partial charge in [0.2, 0.25) is 0 Å². The van der Waals surface area contributed by atoms with E-state index in [0.717, 1.165) is 17.1 Å². The Hall–Kier alpha value is -0.650. The minimum Gasteiger partial charge on any atom is -0.397 e. The molecule has 0 fully saturated rings. The molecular weight excluding hydrogens is 325 g/mol. The second-order valence-corrected chi connectivity index (χ2v) is 4.08. The molecular formula is C13H26IN3. The van der Waals surface area contributed by atoms with Crippen LogP contribution in [-0.4, -0.2) is 7.05 Å². The minimum atomic E-state index is 0.732. The van der Waals surface area contributed by atoms with E-state index >= 15 is 0 Å². The summed E-state index contributed by atoms with van der Waals surface area (Å²) in [6.07, 6.45) is 8.37. The van der Waals surface area contributed by atoms with Gasteiger partial charge in [-0.25, -0.2) is 0 Å². The molecule has 3 nitrogen and oxygen atoms in total. The average molecular weight is 351 g/mol. The number of nitrogens with one attached hydrogen (secondary N) is 2. The molecule has 0 aromatic carbocycles. The van der Waals surface area contributed by atoms with Crippen molar-refractivity contribution in [3.8, 4) is 0 Å². The van der Waals surface area contributed by atoms with Gasteiger partial charge in [-0.2, -0.15) is 0 Å². The molecule has 100 valence electrons. The van der Waals surface area contributed by atoms with E-state index in [1.165, 1.54) is 12.8 Å². The molecule has 0 heterocycles. The molecule has 17 heavy (non-hydrogen) atoms. The van der Waals surface area contributed by atoms with E-state index in [1.807, 2.05) is 39.1 Å². The summed E-state index contributed by atoms with van der Waals surface area (Å²) in [5.74, 6) is 0. The molecule has 0 aliphatic rings. The summed E-state index contributed by atoms with van der Waals surface area (Å²) < 4.78 is 3.00. The quantitative estimate of drug-likeness (QED) is 0.403. The lowest BCUT2D eigenvalue weighted by atomic mass is 10.2. The average Bonchev–Trinajstić information content (AvgIpc) is 2.35. The highest BCUT2D eigenvalue weighted by atomic mass is 127. The van der Waals surface area contributed by atoms with Gasteiger partial charge in [0.05, 0.1) is 34.3 Å². The third-order valence-electron chi connectivity index (χ3n) is 1.94. The fourth-order valence-corrected chi connectivity index (χ4v) is 0.969. The van der Waals surface area contributed by atoms with Crippen molar-refractivity contribution in [1.29, 1.82) is 0 Å². The molecule has 0 saturated carbocycles. The summed E-state index contributed by atoms with van der Waals surface area (Å²) in [6, 6.07) is 0. The summed E-state index contributed by atoms with van der Waals surface area (Å²) >= 11 is 2.08. The van der Waals surface area contributed by atoms with Crippen molar-refractivity contribution in [2.24, 2.45) is 5.73 Å². The van der Waals surface area contributed by atoms with Crippen LogP contribution >= 0.6 is 22.9 Å². The molecule has 0 saturated heterocycles. The summed E-state index contributed by atoms with van der Waals surface area (Å²) in [5, 5.41) is 3.04. The van der Waals surface area contributed by atoms with Crippen LogP contribution in [0.5, 0.6) is 0 Å². The lowest BCUT2D eigenvalue weighted by Gasteiger charge is -2.05. The molecule has 0 unspecified atom stereocenters. The van der Waals surface area contributed by atoms with E-state index < -0.39 is 0 Å². The van der Waals surface area contributed by atoms with E-state index in [0.29, 0.717) is 0 Å². The maximum absolute atomic E-state index is 5.80. The molecule has 0 aromatic heterocycles. The van der Waals surface area contributed by atoms with E-state index in [9.17, 15) is 0 Å². The third kappa shape index (κ3) is 11.6. The number of allylic oxidation sites excluding steroid dienone is 4. The van der Waals surface area contributed by atoms with E-state index in [1.54, 1.807) is 0 Å². The summed E-state index contributed by atoms with van der Waals surface area (Å²) in [6.45, 7) is 8.28. The largest absolute Gasteiger partial charge is 0.397 e. The third-order valence-corrected chi connectivity index (χ3v) is 2.79. The Bertz CT molecular complexity index is 266. The van der Waals surface area contributed by atoms with Gasteiger partial charge in [-0.15, -0.1) is 0 Å². The van der Waals surface area contributed by atoms with Gasteiger partial charge >= 0.3 is 0 Å². The Balaban J connectivity index is 0. The lowest BCUT2D eigenvalue weighted by molar-refractivity contribution is 0.886. The zero-order valence-corrected chi connectivity index (χ0v) is 13.8. The highest BCUT2D eigenvalue weighted by molar-refractivity contribution is 14.1. The van der Waals surface area contributed by atoms with Gasteiger partial charge in [0.25, 0.3) is 0 Å². The molecule has 0 rings (SSSR count). The number of likely N-dealkylation sites (N-methyl/N-ethyl adjacent to an activating group) is 1. The van der Waals surface area contributed by atoms with Crippen molar-refractivity contribution in [3.63, 3.8) is 0 Å². The molecule has 0 aliphatic carbocycles. The zero-order chi connectivity index (χ0) is 13.7. The predicted molar refractivity (Wildman–Crippen MR) is 86.6 cm³/mol. The van der Waals surface area contributed by atoms with E-state index in [-0.39, 0.29) is 0 Å². The standard InChI is InChI=1S/C9H16IN3.C4H10/c1-4-5-8(11)9(12-3)6-7(2)13-10;1-3-4-2/h4-6,12-13H,11H2,1-3H3;3-4H2,1-2H3/b5-4-,7-6+,9-8-;. The van der Waals surface area contributed by atoms with Gasteiger partial charge < -0.3 is 14.6 Å². The maximum Gasteiger partial charge on any atom is 0.0588 e. The first kappa shape index (κ1) is 18.7. The zero-order valence-electron chi connectivity index (χ0n) is 11.6. The van der Waals surface area contributed by atoms with Crippen LogP contribution in [0.2, 0.25) is 0 Å². The molecule has 0 atom stereocenters. The molecule has 4 N–H and O–H groups in total. The van der Waals surface area contributed by atoms with Gasteiger partial charge in [0, 0.05) is 12.7 Å². The number of nitrogens with two attached hydrogens (primary N) is 1. The van der Waals surface area contributed by atoms with Crippen molar-refractivity contribution in [3.05, 3.63) is 35.3 Å². The minimum absolute atomic E-state index is 0.732. The Morgan fingerprint density at radius 2 is 1.82 bits per heavy atom. The maximum atomic E-state index is 5.80. The van der Waals surface area contributed by atoms with Crippen LogP contribution in [0.3, 0.4) is 0 Å². The number of hydrogen-bond donors (Lipinski definition) is 3. The van der Waals surface area contributed by atoms with Crippen molar-refractivity contribution in [2.45, 2.75) is 40.5 Å². The smallest absolute Gasteiger partial charge is 0.0588 e. The Kier molecular flexibility index (Phi) is 14.8. The number of unbranched alkanes of at least 4 members (excludes halogenated alkanes) is 1. The topological polar surface area (TPSA) is 50.1 Å². The van der Waals surface area contributed by atoms with Gasteiger partial charge in [-0.3, -0.25) is 0 Å². The van der Waals surface area contributed by atoms with Crippen molar-refractivity contribution in [2.75, 3.05) is 7.05 Å². The summed E-state index contributed by atoms with van der Waals surface area (Å²) in [7, 11) is 1.85. The van der Waals surface area contributed by atoms with Crippen molar-refractivity contribution in [1.82, 2.24) is 8.85 Å². The predicted octanol–water partition coefficient (Wildman–Crippen LogP) is 3.60. The van der Waals surface area contributed by atoms with Crippen LogP contribution in [0.15, 0.2) is 35.3 Å². The fourth-order valence-electron chi connectivity index (χ4n) is 0.813. The molecule has 4 heteroatoms. The first-order chi connectivity index (χ1) is 8.06. The Morgan fingerprint density at radius 1 is 1.29 bits per heavy atom.